The quantitative estimate of drug-likeness (QED) is 0.558. The van der Waals surface area contributed by atoms with E-state index in [-0.39, 0.29) is 24.7 Å². The molecule has 1 aromatic rings. The molecule has 28 heavy (non-hydrogen) atoms. The molecule has 2 aliphatic rings. The molecule has 8 heteroatoms. The number of hydrogen-bond acceptors (Lipinski definition) is 7. The molecule has 1 fully saturated rings. The molecule has 0 aromatic heterocycles. The van der Waals surface area contributed by atoms with Gasteiger partial charge in [-0.2, -0.15) is 0 Å². The smallest absolute Gasteiger partial charge is 0.331 e. The monoisotopic (exact) mass is 391 g/mol. The lowest BCUT2D eigenvalue weighted by molar-refractivity contribution is -0.154. The molecule has 0 unspecified atom stereocenters. The van der Waals surface area contributed by atoms with Gasteiger partial charge < -0.3 is 28.6 Å². The Balaban J connectivity index is 1.56. The van der Waals surface area contributed by atoms with Crippen LogP contribution in [0.5, 0.6) is 17.2 Å². The largest absolute Gasteiger partial charge is 0.493 e. The fourth-order valence-corrected chi connectivity index (χ4v) is 3.21. The second-order valence-corrected chi connectivity index (χ2v) is 6.74. The third-order valence-electron chi connectivity index (χ3n) is 4.37. The van der Waals surface area contributed by atoms with Crippen molar-refractivity contribution in [3.05, 3.63) is 23.8 Å². The van der Waals surface area contributed by atoms with Crippen molar-refractivity contribution in [1.29, 1.82) is 0 Å². The standard InChI is InChI=1S/C20H25NO7/c1-13-10-21(11-14(2)28-13)18(22)12-27-19(23)5-4-15-8-16(24-3)20-17(9-15)25-6-7-26-20/h4-5,8-9,13-14H,6-7,10-12H2,1-3H3/b5-4+/t13-,14-/m1/s1. The maximum Gasteiger partial charge on any atom is 0.331 e. The Bertz CT molecular complexity index is 734. The summed E-state index contributed by atoms with van der Waals surface area (Å²) in [5, 5.41) is 0. The van der Waals surface area contributed by atoms with Crippen LogP contribution in [-0.2, 0) is 19.1 Å². The van der Waals surface area contributed by atoms with E-state index in [1.165, 1.54) is 13.2 Å². The topological polar surface area (TPSA) is 83.5 Å². The van der Waals surface area contributed by atoms with Crippen LogP contribution in [0.3, 0.4) is 0 Å². The van der Waals surface area contributed by atoms with Gasteiger partial charge in [0.25, 0.3) is 5.91 Å². The molecule has 0 radical (unpaired) electrons. The van der Waals surface area contributed by atoms with Gasteiger partial charge in [-0.25, -0.2) is 4.79 Å². The second-order valence-electron chi connectivity index (χ2n) is 6.74. The van der Waals surface area contributed by atoms with E-state index in [4.69, 9.17) is 23.7 Å². The Hall–Kier alpha value is -2.74. The van der Waals surface area contributed by atoms with Crippen molar-refractivity contribution in [1.82, 2.24) is 4.90 Å². The van der Waals surface area contributed by atoms with Crippen LogP contribution >= 0.6 is 0 Å². The molecule has 3 rings (SSSR count). The molecule has 1 amide bonds. The summed E-state index contributed by atoms with van der Waals surface area (Å²) in [6.07, 6.45) is 2.77. The van der Waals surface area contributed by atoms with Gasteiger partial charge in [-0.3, -0.25) is 4.79 Å². The van der Waals surface area contributed by atoms with Gasteiger partial charge in [-0.05, 0) is 37.6 Å². The van der Waals surface area contributed by atoms with Crippen LogP contribution in [0.15, 0.2) is 18.2 Å². The Morgan fingerprint density at radius 3 is 2.61 bits per heavy atom. The highest BCUT2D eigenvalue weighted by atomic mass is 16.6. The van der Waals surface area contributed by atoms with E-state index >= 15 is 0 Å². The number of rotatable bonds is 5. The molecule has 0 spiro atoms. The van der Waals surface area contributed by atoms with Crippen molar-refractivity contribution in [3.8, 4) is 17.2 Å². The number of ether oxygens (including phenoxy) is 5. The first-order valence-corrected chi connectivity index (χ1v) is 9.22. The summed E-state index contributed by atoms with van der Waals surface area (Å²) >= 11 is 0. The number of benzene rings is 1. The fraction of sp³-hybridized carbons (Fsp3) is 0.500. The molecular formula is C20H25NO7. The fourth-order valence-electron chi connectivity index (χ4n) is 3.21. The molecule has 0 aliphatic carbocycles. The lowest BCUT2D eigenvalue weighted by Crippen LogP contribution is -2.49. The van der Waals surface area contributed by atoms with Gasteiger partial charge in [0, 0.05) is 19.2 Å². The maximum absolute atomic E-state index is 12.2. The average molecular weight is 391 g/mol. The Morgan fingerprint density at radius 2 is 1.89 bits per heavy atom. The molecule has 152 valence electrons. The first kappa shape index (κ1) is 20.0. The SMILES string of the molecule is COc1cc(/C=C/C(=O)OCC(=O)N2C[C@@H](C)O[C@H](C)C2)cc2c1OCCO2. The van der Waals surface area contributed by atoms with Crippen molar-refractivity contribution >= 4 is 18.0 Å². The summed E-state index contributed by atoms with van der Waals surface area (Å²) in [6, 6.07) is 3.49. The number of nitrogens with zero attached hydrogens (tertiary/aromatic N) is 1. The van der Waals surface area contributed by atoms with Crippen LogP contribution in [0.1, 0.15) is 19.4 Å². The Labute approximate surface area is 163 Å². The minimum absolute atomic E-state index is 0.0338. The Morgan fingerprint density at radius 1 is 1.18 bits per heavy atom. The highest BCUT2D eigenvalue weighted by Crippen LogP contribution is 2.40. The van der Waals surface area contributed by atoms with Gasteiger partial charge in [0.2, 0.25) is 5.75 Å². The maximum atomic E-state index is 12.2. The Kier molecular flexibility index (Phi) is 6.41. The van der Waals surface area contributed by atoms with Crippen LogP contribution in [0.4, 0.5) is 0 Å². The first-order chi connectivity index (χ1) is 13.5. The molecule has 0 N–H and O–H groups in total. The molecule has 1 saturated heterocycles. The summed E-state index contributed by atoms with van der Waals surface area (Å²) in [6.45, 7) is 5.42. The summed E-state index contributed by atoms with van der Waals surface area (Å²) < 4.78 is 27.1. The van der Waals surface area contributed by atoms with E-state index in [0.717, 1.165) is 0 Å². The van der Waals surface area contributed by atoms with Crippen LogP contribution in [-0.4, -0.2) is 69.0 Å². The number of amides is 1. The van der Waals surface area contributed by atoms with Crippen molar-refractivity contribution in [3.63, 3.8) is 0 Å². The van der Waals surface area contributed by atoms with Crippen molar-refractivity contribution < 1.29 is 33.3 Å². The molecule has 0 saturated carbocycles. The number of methoxy groups -OCH3 is 1. The van der Waals surface area contributed by atoms with Gasteiger partial charge in [-0.1, -0.05) is 0 Å². The van der Waals surface area contributed by atoms with Crippen LogP contribution in [0.2, 0.25) is 0 Å². The molecule has 2 aliphatic heterocycles. The molecule has 8 nitrogen and oxygen atoms in total. The molecule has 2 heterocycles. The van der Waals surface area contributed by atoms with Crippen LogP contribution in [0, 0.1) is 0 Å². The minimum atomic E-state index is -0.600. The summed E-state index contributed by atoms with van der Waals surface area (Å²) in [7, 11) is 1.54. The van der Waals surface area contributed by atoms with Crippen molar-refractivity contribution in [2.75, 3.05) is 40.0 Å². The number of carbonyl (C=O) groups is 2. The predicted molar refractivity (Wildman–Crippen MR) is 101 cm³/mol. The third-order valence-corrected chi connectivity index (χ3v) is 4.37. The average Bonchev–Trinajstić information content (AvgIpc) is 2.69. The summed E-state index contributed by atoms with van der Waals surface area (Å²) in [5.74, 6) is 0.801. The normalized spacial score (nSPS) is 21.5. The highest BCUT2D eigenvalue weighted by molar-refractivity contribution is 5.89. The van der Waals surface area contributed by atoms with Crippen molar-refractivity contribution in [2.24, 2.45) is 0 Å². The minimum Gasteiger partial charge on any atom is -0.493 e. The summed E-state index contributed by atoms with van der Waals surface area (Å²) in [5.41, 5.74) is 0.695. The van der Waals surface area contributed by atoms with Gasteiger partial charge in [-0.15, -0.1) is 0 Å². The van der Waals surface area contributed by atoms with E-state index in [1.807, 2.05) is 13.8 Å². The lowest BCUT2D eigenvalue weighted by atomic mass is 10.1. The van der Waals surface area contributed by atoms with E-state index in [9.17, 15) is 9.59 Å². The van der Waals surface area contributed by atoms with E-state index in [2.05, 4.69) is 0 Å². The molecular weight excluding hydrogens is 366 g/mol. The van der Waals surface area contributed by atoms with Crippen LogP contribution < -0.4 is 14.2 Å². The number of morpholine rings is 1. The highest BCUT2D eigenvalue weighted by Gasteiger charge is 2.26. The van der Waals surface area contributed by atoms with Crippen molar-refractivity contribution in [2.45, 2.75) is 26.1 Å². The third kappa shape index (κ3) is 4.95. The lowest BCUT2D eigenvalue weighted by Gasteiger charge is -2.35. The predicted octanol–water partition coefficient (Wildman–Crippen LogP) is 1.66. The van der Waals surface area contributed by atoms with E-state index < -0.39 is 5.97 Å². The zero-order chi connectivity index (χ0) is 20.1. The van der Waals surface area contributed by atoms with E-state index in [1.54, 1.807) is 23.1 Å². The van der Waals surface area contributed by atoms with Gasteiger partial charge in [0.1, 0.15) is 13.2 Å². The van der Waals surface area contributed by atoms with Gasteiger partial charge >= 0.3 is 5.97 Å². The first-order valence-electron chi connectivity index (χ1n) is 9.22. The van der Waals surface area contributed by atoms with Gasteiger partial charge in [0.15, 0.2) is 18.1 Å². The zero-order valence-corrected chi connectivity index (χ0v) is 16.3. The van der Waals surface area contributed by atoms with E-state index in [0.29, 0.717) is 49.1 Å². The molecule has 1 aromatic carbocycles. The zero-order valence-electron chi connectivity index (χ0n) is 16.3. The number of esters is 1. The van der Waals surface area contributed by atoms with Crippen LogP contribution in [0.25, 0.3) is 6.08 Å². The molecule has 2 atom stereocenters. The number of carbonyl (C=O) groups excluding carboxylic acids is 2. The second kappa shape index (κ2) is 8.97. The number of fused-ring (bicyclic) bond motifs is 1. The number of hydrogen-bond donors (Lipinski definition) is 0. The van der Waals surface area contributed by atoms with Gasteiger partial charge in [0.05, 0.1) is 19.3 Å². The summed E-state index contributed by atoms with van der Waals surface area (Å²) in [4.78, 5) is 25.9. The molecule has 0 bridgehead atoms.